The van der Waals surface area contributed by atoms with Gasteiger partial charge < -0.3 is 15.2 Å². The Morgan fingerprint density at radius 3 is 2.79 bits per heavy atom. The molecule has 19 heavy (non-hydrogen) atoms. The van der Waals surface area contributed by atoms with Crippen LogP contribution < -0.4 is 5.32 Å². The Morgan fingerprint density at radius 1 is 1.26 bits per heavy atom. The summed E-state index contributed by atoms with van der Waals surface area (Å²) >= 11 is 0. The van der Waals surface area contributed by atoms with Crippen molar-refractivity contribution in [1.29, 1.82) is 0 Å². The largest absolute Gasteiger partial charge is 0.386 e. The van der Waals surface area contributed by atoms with E-state index in [1.54, 1.807) is 0 Å². The van der Waals surface area contributed by atoms with Gasteiger partial charge in [0.05, 0.1) is 6.10 Å². The predicted octanol–water partition coefficient (Wildman–Crippen LogP) is 2.86. The van der Waals surface area contributed by atoms with Crippen molar-refractivity contribution in [2.75, 3.05) is 13.2 Å². The highest BCUT2D eigenvalue weighted by molar-refractivity contribution is 4.92. The summed E-state index contributed by atoms with van der Waals surface area (Å²) in [5.41, 5.74) is -0.644. The number of nitrogens with one attached hydrogen (secondary N) is 1. The average molecular weight is 269 g/mol. The van der Waals surface area contributed by atoms with E-state index in [0.29, 0.717) is 19.2 Å². The van der Waals surface area contributed by atoms with Crippen LogP contribution in [0.25, 0.3) is 0 Å². The molecule has 4 unspecified atom stereocenters. The third-order valence-corrected chi connectivity index (χ3v) is 5.14. The molecule has 1 aliphatic heterocycles. The van der Waals surface area contributed by atoms with E-state index >= 15 is 0 Å². The lowest BCUT2D eigenvalue weighted by Gasteiger charge is -2.29. The predicted molar refractivity (Wildman–Crippen MR) is 78.3 cm³/mol. The van der Waals surface area contributed by atoms with Gasteiger partial charge in [0.25, 0.3) is 0 Å². The Balaban J connectivity index is 1.74. The lowest BCUT2D eigenvalue weighted by molar-refractivity contribution is -0.0279. The average Bonchev–Trinajstić information content (AvgIpc) is 2.61. The van der Waals surface area contributed by atoms with E-state index in [4.69, 9.17) is 4.74 Å². The smallest absolute Gasteiger partial charge is 0.105 e. The van der Waals surface area contributed by atoms with Gasteiger partial charge in [0.1, 0.15) is 5.60 Å². The summed E-state index contributed by atoms with van der Waals surface area (Å²) in [6.07, 6.45) is 10.1. The van der Waals surface area contributed by atoms with Crippen molar-refractivity contribution in [2.45, 2.75) is 83.0 Å². The first kappa shape index (κ1) is 15.3. The maximum atomic E-state index is 10.5. The van der Waals surface area contributed by atoms with Crippen molar-refractivity contribution in [3.63, 3.8) is 0 Å². The second-order valence-electron chi connectivity index (χ2n) is 6.61. The van der Waals surface area contributed by atoms with Crippen LogP contribution in [0.15, 0.2) is 0 Å². The van der Waals surface area contributed by atoms with Crippen LogP contribution in [0.4, 0.5) is 0 Å². The van der Waals surface area contributed by atoms with Crippen molar-refractivity contribution in [3.8, 4) is 0 Å². The van der Waals surface area contributed by atoms with Crippen LogP contribution >= 0.6 is 0 Å². The molecule has 0 aromatic rings. The molecule has 1 heterocycles. The van der Waals surface area contributed by atoms with Gasteiger partial charge in [-0.1, -0.05) is 32.6 Å². The van der Waals surface area contributed by atoms with E-state index in [1.807, 2.05) is 6.92 Å². The van der Waals surface area contributed by atoms with Gasteiger partial charge in [-0.3, -0.25) is 0 Å². The molecule has 2 aliphatic rings. The summed E-state index contributed by atoms with van der Waals surface area (Å²) in [5, 5.41) is 14.1. The molecule has 1 aliphatic carbocycles. The Kier molecular flexibility index (Phi) is 5.67. The molecular weight excluding hydrogens is 238 g/mol. The molecule has 2 N–H and O–H groups in total. The van der Waals surface area contributed by atoms with Gasteiger partial charge in [0, 0.05) is 25.6 Å². The molecule has 2 fully saturated rings. The van der Waals surface area contributed by atoms with Gasteiger partial charge in [-0.2, -0.15) is 0 Å². The van der Waals surface area contributed by atoms with Crippen LogP contribution in [0.3, 0.4) is 0 Å². The van der Waals surface area contributed by atoms with Crippen LogP contribution in [0.2, 0.25) is 0 Å². The summed E-state index contributed by atoms with van der Waals surface area (Å²) < 4.78 is 5.49. The number of hydrogen-bond acceptors (Lipinski definition) is 3. The lowest BCUT2D eigenvalue weighted by atomic mass is 9.94. The van der Waals surface area contributed by atoms with Crippen LogP contribution in [-0.2, 0) is 4.74 Å². The standard InChI is InChI=1S/C16H31NO2/c1-3-5-14-6-4-7-15(9-8-14)17-12-16(18)10-11-19-13(16)2/h13-15,17-18H,3-12H2,1-2H3. The molecule has 0 amide bonds. The minimum Gasteiger partial charge on any atom is -0.386 e. The quantitative estimate of drug-likeness (QED) is 0.754. The number of aliphatic hydroxyl groups is 1. The highest BCUT2D eigenvalue weighted by atomic mass is 16.5. The summed E-state index contributed by atoms with van der Waals surface area (Å²) in [4.78, 5) is 0. The fraction of sp³-hybridized carbons (Fsp3) is 1.00. The van der Waals surface area contributed by atoms with Gasteiger partial charge in [-0.05, 0) is 32.1 Å². The maximum Gasteiger partial charge on any atom is 0.105 e. The normalized spacial score (nSPS) is 40.3. The van der Waals surface area contributed by atoms with Crippen molar-refractivity contribution in [3.05, 3.63) is 0 Å². The third-order valence-electron chi connectivity index (χ3n) is 5.14. The summed E-state index contributed by atoms with van der Waals surface area (Å²) in [5.74, 6) is 0.939. The number of ether oxygens (including phenoxy) is 1. The summed E-state index contributed by atoms with van der Waals surface area (Å²) in [7, 11) is 0. The Labute approximate surface area is 118 Å². The second kappa shape index (κ2) is 7.05. The SMILES string of the molecule is CCCC1CCCC(NCC2(O)CCOC2C)CC1. The zero-order valence-corrected chi connectivity index (χ0v) is 12.7. The molecule has 1 saturated carbocycles. The fourth-order valence-corrected chi connectivity index (χ4v) is 3.60. The van der Waals surface area contributed by atoms with E-state index in [2.05, 4.69) is 12.2 Å². The molecule has 2 rings (SSSR count). The van der Waals surface area contributed by atoms with Gasteiger partial charge in [-0.25, -0.2) is 0 Å². The fourth-order valence-electron chi connectivity index (χ4n) is 3.60. The zero-order valence-electron chi connectivity index (χ0n) is 12.7. The van der Waals surface area contributed by atoms with Crippen molar-refractivity contribution >= 4 is 0 Å². The molecule has 0 aromatic carbocycles. The Morgan fingerprint density at radius 2 is 2.11 bits per heavy atom. The molecule has 1 saturated heterocycles. The topological polar surface area (TPSA) is 41.5 Å². The van der Waals surface area contributed by atoms with Gasteiger partial charge in [-0.15, -0.1) is 0 Å². The highest BCUT2D eigenvalue weighted by Crippen LogP contribution is 2.28. The monoisotopic (exact) mass is 269 g/mol. The van der Waals surface area contributed by atoms with Crippen LogP contribution in [0, 0.1) is 5.92 Å². The van der Waals surface area contributed by atoms with Gasteiger partial charge in [0.15, 0.2) is 0 Å². The van der Waals surface area contributed by atoms with Crippen molar-refractivity contribution in [2.24, 2.45) is 5.92 Å². The first-order chi connectivity index (χ1) is 9.14. The van der Waals surface area contributed by atoms with E-state index in [-0.39, 0.29) is 6.10 Å². The summed E-state index contributed by atoms with van der Waals surface area (Å²) in [6.45, 7) is 5.66. The molecule has 0 bridgehead atoms. The Hall–Kier alpha value is -0.120. The Bertz CT molecular complexity index is 271. The van der Waals surface area contributed by atoms with Gasteiger partial charge >= 0.3 is 0 Å². The number of rotatable bonds is 5. The van der Waals surface area contributed by atoms with Crippen molar-refractivity contribution in [1.82, 2.24) is 5.32 Å². The minimum absolute atomic E-state index is 0.0291. The van der Waals surface area contributed by atoms with Crippen LogP contribution in [0.1, 0.15) is 65.2 Å². The number of hydrogen-bond donors (Lipinski definition) is 2. The third kappa shape index (κ3) is 4.17. The van der Waals surface area contributed by atoms with E-state index in [1.165, 1.54) is 44.9 Å². The molecule has 0 aromatic heterocycles. The zero-order chi connectivity index (χ0) is 13.7. The lowest BCUT2D eigenvalue weighted by Crippen LogP contribution is -2.48. The van der Waals surface area contributed by atoms with E-state index in [9.17, 15) is 5.11 Å². The molecule has 0 radical (unpaired) electrons. The first-order valence-electron chi connectivity index (χ1n) is 8.21. The molecular formula is C16H31NO2. The first-order valence-corrected chi connectivity index (χ1v) is 8.21. The summed E-state index contributed by atoms with van der Waals surface area (Å²) in [6, 6.07) is 0.596. The highest BCUT2D eigenvalue weighted by Gasteiger charge is 2.39. The minimum atomic E-state index is -0.644. The second-order valence-corrected chi connectivity index (χ2v) is 6.61. The van der Waals surface area contributed by atoms with E-state index in [0.717, 1.165) is 12.3 Å². The van der Waals surface area contributed by atoms with Crippen molar-refractivity contribution < 1.29 is 9.84 Å². The molecule has 4 atom stereocenters. The van der Waals surface area contributed by atoms with Crippen LogP contribution in [0.5, 0.6) is 0 Å². The molecule has 3 nitrogen and oxygen atoms in total. The van der Waals surface area contributed by atoms with Gasteiger partial charge in [0.2, 0.25) is 0 Å². The van der Waals surface area contributed by atoms with E-state index < -0.39 is 5.60 Å². The molecule has 3 heteroatoms. The molecule has 112 valence electrons. The van der Waals surface area contributed by atoms with Crippen LogP contribution in [-0.4, -0.2) is 36.0 Å². The maximum absolute atomic E-state index is 10.5. The molecule has 0 spiro atoms.